The highest BCUT2D eigenvalue weighted by molar-refractivity contribution is 7.99. The lowest BCUT2D eigenvalue weighted by Gasteiger charge is -2.07. The average molecular weight is 233 g/mol. The number of benzene rings is 1. The van der Waals surface area contributed by atoms with Gasteiger partial charge < -0.3 is 17.2 Å². The third kappa shape index (κ3) is 2.17. The fourth-order valence-corrected chi connectivity index (χ4v) is 2.04. The standard InChI is InChI=1S/C10H11N5S/c11-8-7(9(12)15-10(13)14-8)16-6-4-2-1-3-5-6/h1-5H,(H6,11,12,13,14,15). The quantitative estimate of drug-likeness (QED) is 0.723. The van der Waals surface area contributed by atoms with Gasteiger partial charge in [0.05, 0.1) is 4.90 Å². The predicted molar refractivity (Wildman–Crippen MR) is 65.8 cm³/mol. The maximum absolute atomic E-state index is 5.74. The number of nitrogens with zero attached hydrogens (tertiary/aromatic N) is 2. The highest BCUT2D eigenvalue weighted by Gasteiger charge is 2.10. The van der Waals surface area contributed by atoms with Crippen molar-refractivity contribution in [2.75, 3.05) is 17.2 Å². The van der Waals surface area contributed by atoms with Crippen LogP contribution in [-0.4, -0.2) is 9.97 Å². The van der Waals surface area contributed by atoms with Crippen molar-refractivity contribution in [2.24, 2.45) is 0 Å². The van der Waals surface area contributed by atoms with Crippen LogP contribution in [0.4, 0.5) is 17.6 Å². The summed E-state index contributed by atoms with van der Waals surface area (Å²) in [7, 11) is 0. The maximum Gasteiger partial charge on any atom is 0.224 e. The van der Waals surface area contributed by atoms with Crippen molar-refractivity contribution in [1.29, 1.82) is 0 Å². The Morgan fingerprint density at radius 1 is 0.875 bits per heavy atom. The molecule has 0 amide bonds. The zero-order chi connectivity index (χ0) is 11.5. The van der Waals surface area contributed by atoms with Gasteiger partial charge >= 0.3 is 0 Å². The summed E-state index contributed by atoms with van der Waals surface area (Å²) in [4.78, 5) is 9.41. The van der Waals surface area contributed by atoms with Crippen LogP contribution in [0.2, 0.25) is 0 Å². The monoisotopic (exact) mass is 233 g/mol. The summed E-state index contributed by atoms with van der Waals surface area (Å²) in [5, 5.41) is 0. The molecule has 2 rings (SSSR count). The topological polar surface area (TPSA) is 104 Å². The Morgan fingerprint density at radius 3 is 2.00 bits per heavy atom. The van der Waals surface area contributed by atoms with Gasteiger partial charge in [0.15, 0.2) is 0 Å². The van der Waals surface area contributed by atoms with Crippen LogP contribution in [0.3, 0.4) is 0 Å². The van der Waals surface area contributed by atoms with Crippen LogP contribution < -0.4 is 17.2 Å². The van der Waals surface area contributed by atoms with Gasteiger partial charge in [0.1, 0.15) is 11.6 Å². The summed E-state index contributed by atoms with van der Waals surface area (Å²) in [6.45, 7) is 0. The molecule has 82 valence electrons. The number of hydrogen-bond donors (Lipinski definition) is 3. The van der Waals surface area contributed by atoms with Gasteiger partial charge in [0.25, 0.3) is 0 Å². The number of nitrogen functional groups attached to an aromatic ring is 3. The normalized spacial score (nSPS) is 10.2. The molecule has 0 aliphatic heterocycles. The molecule has 0 saturated carbocycles. The molecule has 0 radical (unpaired) electrons. The van der Waals surface area contributed by atoms with E-state index in [1.807, 2.05) is 30.3 Å². The Balaban J connectivity index is 2.35. The van der Waals surface area contributed by atoms with Gasteiger partial charge in [-0.1, -0.05) is 30.0 Å². The first-order chi connectivity index (χ1) is 7.66. The molecule has 0 fully saturated rings. The van der Waals surface area contributed by atoms with Gasteiger partial charge in [0, 0.05) is 4.90 Å². The highest BCUT2D eigenvalue weighted by Crippen LogP contribution is 2.34. The molecule has 0 atom stereocenters. The van der Waals surface area contributed by atoms with E-state index < -0.39 is 0 Å². The summed E-state index contributed by atoms with van der Waals surface area (Å²) >= 11 is 1.42. The van der Waals surface area contributed by atoms with E-state index in [9.17, 15) is 0 Å². The molecule has 6 N–H and O–H groups in total. The molecule has 0 bridgehead atoms. The summed E-state index contributed by atoms with van der Waals surface area (Å²) in [5.41, 5.74) is 16.9. The molecule has 0 aliphatic carbocycles. The van der Waals surface area contributed by atoms with Crippen LogP contribution in [0, 0.1) is 0 Å². The first-order valence-electron chi connectivity index (χ1n) is 4.58. The Bertz CT molecular complexity index is 477. The van der Waals surface area contributed by atoms with Crippen molar-refractivity contribution < 1.29 is 0 Å². The summed E-state index contributed by atoms with van der Waals surface area (Å²) in [5.74, 6) is 0.699. The molecule has 0 unspecified atom stereocenters. The van der Waals surface area contributed by atoms with E-state index >= 15 is 0 Å². The van der Waals surface area contributed by atoms with Gasteiger partial charge in [-0.15, -0.1) is 0 Å². The minimum Gasteiger partial charge on any atom is -0.383 e. The number of rotatable bonds is 2. The number of nitrogens with two attached hydrogens (primary N) is 3. The Morgan fingerprint density at radius 2 is 1.44 bits per heavy atom. The second-order valence-electron chi connectivity index (χ2n) is 3.10. The smallest absolute Gasteiger partial charge is 0.224 e. The highest BCUT2D eigenvalue weighted by atomic mass is 32.2. The lowest BCUT2D eigenvalue weighted by atomic mass is 10.4. The fraction of sp³-hybridized carbons (Fsp3) is 0. The van der Waals surface area contributed by atoms with Crippen LogP contribution in [0.5, 0.6) is 0 Å². The summed E-state index contributed by atoms with van der Waals surface area (Å²) < 4.78 is 0. The number of anilines is 3. The minimum atomic E-state index is 0.0902. The molecule has 0 spiro atoms. The van der Waals surface area contributed by atoms with E-state index in [2.05, 4.69) is 9.97 Å². The van der Waals surface area contributed by atoms with Crippen molar-refractivity contribution >= 4 is 29.3 Å². The molecule has 0 saturated heterocycles. The molecule has 16 heavy (non-hydrogen) atoms. The molecular weight excluding hydrogens is 222 g/mol. The second kappa shape index (κ2) is 4.28. The predicted octanol–water partition coefficient (Wildman–Crippen LogP) is 1.37. The van der Waals surface area contributed by atoms with Crippen LogP contribution in [-0.2, 0) is 0 Å². The zero-order valence-electron chi connectivity index (χ0n) is 8.42. The second-order valence-corrected chi connectivity index (χ2v) is 4.18. The first-order valence-corrected chi connectivity index (χ1v) is 5.40. The molecule has 1 aromatic heterocycles. The number of aromatic nitrogens is 2. The van der Waals surface area contributed by atoms with Gasteiger partial charge in [0.2, 0.25) is 5.95 Å². The van der Waals surface area contributed by atoms with E-state index in [4.69, 9.17) is 17.2 Å². The Hall–Kier alpha value is -1.95. The van der Waals surface area contributed by atoms with Crippen LogP contribution in [0.25, 0.3) is 0 Å². The van der Waals surface area contributed by atoms with Crippen molar-refractivity contribution in [3.63, 3.8) is 0 Å². The first kappa shape index (κ1) is 10.6. The molecule has 6 heteroatoms. The van der Waals surface area contributed by atoms with Crippen LogP contribution in [0.1, 0.15) is 0 Å². The van der Waals surface area contributed by atoms with Gasteiger partial charge in [-0.3, -0.25) is 0 Å². The lowest BCUT2D eigenvalue weighted by Crippen LogP contribution is -2.05. The molecular formula is C10H11N5S. The van der Waals surface area contributed by atoms with E-state index in [-0.39, 0.29) is 5.95 Å². The Kier molecular flexibility index (Phi) is 2.82. The minimum absolute atomic E-state index is 0.0902. The van der Waals surface area contributed by atoms with Crippen LogP contribution in [0.15, 0.2) is 40.1 Å². The van der Waals surface area contributed by atoms with E-state index in [1.54, 1.807) is 0 Å². The maximum atomic E-state index is 5.74. The van der Waals surface area contributed by atoms with Crippen molar-refractivity contribution in [3.05, 3.63) is 30.3 Å². The zero-order valence-corrected chi connectivity index (χ0v) is 9.24. The SMILES string of the molecule is Nc1nc(N)c(Sc2ccccc2)c(N)n1. The van der Waals surface area contributed by atoms with Crippen molar-refractivity contribution in [1.82, 2.24) is 9.97 Å². The average Bonchev–Trinajstić information content (AvgIpc) is 2.25. The van der Waals surface area contributed by atoms with Gasteiger partial charge in [-0.2, -0.15) is 9.97 Å². The Labute approximate surface area is 97.1 Å². The third-order valence-electron chi connectivity index (χ3n) is 1.90. The van der Waals surface area contributed by atoms with E-state index in [0.29, 0.717) is 16.5 Å². The lowest BCUT2D eigenvalue weighted by molar-refractivity contribution is 1.14. The van der Waals surface area contributed by atoms with Crippen LogP contribution >= 0.6 is 11.8 Å². The largest absolute Gasteiger partial charge is 0.383 e. The van der Waals surface area contributed by atoms with E-state index in [0.717, 1.165) is 4.90 Å². The molecule has 0 aliphatic rings. The van der Waals surface area contributed by atoms with E-state index in [1.165, 1.54) is 11.8 Å². The molecule has 1 heterocycles. The van der Waals surface area contributed by atoms with Gasteiger partial charge in [-0.05, 0) is 12.1 Å². The third-order valence-corrected chi connectivity index (χ3v) is 3.03. The number of hydrogen-bond acceptors (Lipinski definition) is 6. The summed E-state index contributed by atoms with van der Waals surface area (Å²) in [6, 6.07) is 9.73. The molecule has 2 aromatic rings. The molecule has 5 nitrogen and oxygen atoms in total. The molecule has 1 aromatic carbocycles. The van der Waals surface area contributed by atoms with Crippen molar-refractivity contribution in [2.45, 2.75) is 9.79 Å². The fourth-order valence-electron chi connectivity index (χ4n) is 1.22. The van der Waals surface area contributed by atoms with Gasteiger partial charge in [-0.25, -0.2) is 0 Å². The van der Waals surface area contributed by atoms with Crippen molar-refractivity contribution in [3.8, 4) is 0 Å². The summed E-state index contributed by atoms with van der Waals surface area (Å²) in [6.07, 6.45) is 0.